The van der Waals surface area contributed by atoms with E-state index in [4.69, 9.17) is 0 Å². The Morgan fingerprint density at radius 3 is 1.36 bits per heavy atom. The van der Waals surface area contributed by atoms with E-state index in [0.29, 0.717) is 11.1 Å². The molecule has 0 amide bonds. The number of benzene rings is 4. The summed E-state index contributed by atoms with van der Waals surface area (Å²) in [7, 11) is 0. The minimum Gasteiger partial charge on any atom is -0.478 e. The standard InChI is InChI=1S/2C24H26N2O2/c2*27-24(28)20-9-10-23-22(16-20)21(17-25-23)8-4-5-13-26-14-11-19(12-15-26)18-6-2-1-3-7-18/h2*1-3,6-7,9-11,16-17,25H,4-5,8,12-15H2,(H,27,28). The summed E-state index contributed by atoms with van der Waals surface area (Å²) in [6, 6.07) is 31.9. The highest BCUT2D eigenvalue weighted by Crippen LogP contribution is 2.26. The predicted octanol–water partition coefficient (Wildman–Crippen LogP) is 9.96. The van der Waals surface area contributed by atoms with Gasteiger partial charge in [-0.2, -0.15) is 0 Å². The van der Waals surface area contributed by atoms with Crippen molar-refractivity contribution in [2.24, 2.45) is 0 Å². The van der Waals surface area contributed by atoms with E-state index in [2.05, 4.69) is 92.6 Å². The normalized spacial score (nSPS) is 14.9. The fourth-order valence-electron chi connectivity index (χ4n) is 8.00. The van der Waals surface area contributed by atoms with Gasteiger partial charge in [0.2, 0.25) is 0 Å². The van der Waals surface area contributed by atoms with Gasteiger partial charge in [-0.3, -0.25) is 9.80 Å². The van der Waals surface area contributed by atoms with Gasteiger partial charge in [0.1, 0.15) is 0 Å². The van der Waals surface area contributed by atoms with Crippen LogP contribution in [0.3, 0.4) is 0 Å². The van der Waals surface area contributed by atoms with Crippen LogP contribution in [0.25, 0.3) is 33.0 Å². The lowest BCUT2D eigenvalue weighted by atomic mass is 9.99. The molecule has 0 unspecified atom stereocenters. The van der Waals surface area contributed by atoms with Gasteiger partial charge in [-0.05, 0) is 134 Å². The Hall–Kier alpha value is -5.70. The number of aryl methyl sites for hydroxylation is 2. The Bertz CT molecular complexity index is 2140. The van der Waals surface area contributed by atoms with Gasteiger partial charge in [0.15, 0.2) is 0 Å². The molecule has 0 radical (unpaired) electrons. The molecule has 4 aromatic carbocycles. The number of aromatic nitrogens is 2. The molecule has 56 heavy (non-hydrogen) atoms. The molecule has 6 aromatic rings. The molecule has 0 aliphatic carbocycles. The fourth-order valence-corrected chi connectivity index (χ4v) is 8.00. The van der Waals surface area contributed by atoms with E-state index in [1.165, 1.54) is 33.4 Å². The highest BCUT2D eigenvalue weighted by molar-refractivity contribution is 5.95. The molecule has 0 fully saturated rings. The number of rotatable bonds is 14. The van der Waals surface area contributed by atoms with Gasteiger partial charge in [-0.1, -0.05) is 72.8 Å². The lowest BCUT2D eigenvalue weighted by Gasteiger charge is -2.26. The number of unbranched alkanes of at least 4 members (excludes halogenated alkanes) is 2. The number of carboxylic acids is 2. The van der Waals surface area contributed by atoms with Crippen LogP contribution in [0.15, 0.2) is 122 Å². The topological polar surface area (TPSA) is 113 Å². The van der Waals surface area contributed by atoms with Gasteiger partial charge in [0, 0.05) is 60.4 Å². The van der Waals surface area contributed by atoms with Gasteiger partial charge in [-0.15, -0.1) is 0 Å². The molecule has 0 saturated carbocycles. The zero-order chi connectivity index (χ0) is 38.7. The van der Waals surface area contributed by atoms with Gasteiger partial charge in [-0.25, -0.2) is 9.59 Å². The number of nitrogens with zero attached hydrogens (tertiary/aromatic N) is 2. The van der Waals surface area contributed by atoms with E-state index >= 15 is 0 Å². The molecule has 2 aromatic heterocycles. The predicted molar refractivity (Wildman–Crippen MR) is 227 cm³/mol. The van der Waals surface area contributed by atoms with Gasteiger partial charge in [0.05, 0.1) is 11.1 Å². The van der Waals surface area contributed by atoms with E-state index in [-0.39, 0.29) is 0 Å². The van der Waals surface area contributed by atoms with E-state index in [9.17, 15) is 19.8 Å². The third-order valence-electron chi connectivity index (χ3n) is 11.2. The van der Waals surface area contributed by atoms with Gasteiger partial charge in [0.25, 0.3) is 0 Å². The van der Waals surface area contributed by atoms with Crippen molar-refractivity contribution in [2.75, 3.05) is 39.3 Å². The first kappa shape index (κ1) is 38.6. The molecule has 2 aliphatic rings. The Balaban J connectivity index is 0.000000172. The zero-order valence-electron chi connectivity index (χ0n) is 32.1. The van der Waals surface area contributed by atoms with Gasteiger partial charge >= 0.3 is 11.9 Å². The van der Waals surface area contributed by atoms with Crippen LogP contribution in [0.1, 0.15) is 81.5 Å². The summed E-state index contributed by atoms with van der Waals surface area (Å²) >= 11 is 0. The summed E-state index contributed by atoms with van der Waals surface area (Å²) in [5, 5.41) is 20.5. The highest BCUT2D eigenvalue weighted by Gasteiger charge is 2.15. The number of carbonyl (C=O) groups is 2. The molecule has 4 heterocycles. The summed E-state index contributed by atoms with van der Waals surface area (Å²) in [5.41, 5.74) is 10.8. The molecular formula is C48H52N4O4. The summed E-state index contributed by atoms with van der Waals surface area (Å²) in [4.78, 5) is 34.0. The number of aromatic carboxylic acids is 2. The molecule has 2 aliphatic heterocycles. The van der Waals surface area contributed by atoms with Crippen molar-refractivity contribution in [2.45, 2.75) is 51.4 Å². The Morgan fingerprint density at radius 2 is 0.982 bits per heavy atom. The SMILES string of the molecule is O=C(O)c1ccc2[nH]cc(CCCCN3CC=C(c4ccccc4)CC3)c2c1.O=C(O)c1ccc2[nH]cc(CCCCN3CC=C(c4ccccc4)CC3)c2c1. The summed E-state index contributed by atoms with van der Waals surface area (Å²) < 4.78 is 0. The summed E-state index contributed by atoms with van der Waals surface area (Å²) in [6.45, 7) is 6.52. The van der Waals surface area contributed by atoms with Crippen molar-refractivity contribution < 1.29 is 19.8 Å². The van der Waals surface area contributed by atoms with Crippen LogP contribution in [0.2, 0.25) is 0 Å². The molecule has 0 bridgehead atoms. The average Bonchev–Trinajstić information content (AvgIpc) is 3.85. The van der Waals surface area contributed by atoms with Crippen molar-refractivity contribution in [3.05, 3.63) is 155 Å². The number of aromatic amines is 2. The lowest BCUT2D eigenvalue weighted by Crippen LogP contribution is -2.29. The second-order valence-corrected chi connectivity index (χ2v) is 15.0. The molecule has 8 rings (SSSR count). The van der Waals surface area contributed by atoms with Crippen LogP contribution in [0, 0.1) is 0 Å². The molecule has 8 heteroatoms. The third-order valence-corrected chi connectivity index (χ3v) is 11.2. The first-order valence-electron chi connectivity index (χ1n) is 20.0. The maximum Gasteiger partial charge on any atom is 0.335 e. The van der Waals surface area contributed by atoms with Crippen molar-refractivity contribution in [1.29, 1.82) is 0 Å². The van der Waals surface area contributed by atoms with Crippen LogP contribution in [-0.2, 0) is 12.8 Å². The van der Waals surface area contributed by atoms with E-state index < -0.39 is 11.9 Å². The molecule has 8 nitrogen and oxygen atoms in total. The minimum atomic E-state index is -0.873. The van der Waals surface area contributed by atoms with Gasteiger partial charge < -0.3 is 20.2 Å². The molecule has 0 saturated heterocycles. The van der Waals surface area contributed by atoms with Crippen molar-refractivity contribution in [3.8, 4) is 0 Å². The van der Waals surface area contributed by atoms with Crippen molar-refractivity contribution in [3.63, 3.8) is 0 Å². The molecule has 4 N–H and O–H groups in total. The maximum atomic E-state index is 11.2. The molecule has 0 spiro atoms. The van der Waals surface area contributed by atoms with E-state index in [1.807, 2.05) is 24.5 Å². The monoisotopic (exact) mass is 748 g/mol. The van der Waals surface area contributed by atoms with Crippen LogP contribution in [-0.4, -0.2) is 81.2 Å². The molecule has 288 valence electrons. The highest BCUT2D eigenvalue weighted by atomic mass is 16.4. The third kappa shape index (κ3) is 9.93. The van der Waals surface area contributed by atoms with Crippen LogP contribution in [0.5, 0.6) is 0 Å². The number of H-pyrrole nitrogens is 2. The smallest absolute Gasteiger partial charge is 0.335 e. The van der Waals surface area contributed by atoms with Crippen LogP contribution in [0.4, 0.5) is 0 Å². The van der Waals surface area contributed by atoms with Crippen molar-refractivity contribution in [1.82, 2.24) is 19.8 Å². The maximum absolute atomic E-state index is 11.2. The average molecular weight is 749 g/mol. The number of hydrogen-bond acceptors (Lipinski definition) is 4. The molecular weight excluding hydrogens is 697 g/mol. The van der Waals surface area contributed by atoms with Crippen LogP contribution < -0.4 is 0 Å². The number of fused-ring (bicyclic) bond motifs is 2. The quantitative estimate of drug-likeness (QED) is 0.0826. The Labute approximate surface area is 329 Å². The largest absolute Gasteiger partial charge is 0.478 e. The Morgan fingerprint density at radius 1 is 0.554 bits per heavy atom. The summed E-state index contributed by atoms with van der Waals surface area (Å²) in [5.74, 6) is -1.75. The summed E-state index contributed by atoms with van der Waals surface area (Å²) in [6.07, 6.45) is 17.5. The first-order chi connectivity index (χ1) is 27.4. The number of nitrogens with one attached hydrogen (secondary N) is 2. The van der Waals surface area contributed by atoms with E-state index in [0.717, 1.165) is 112 Å². The lowest BCUT2D eigenvalue weighted by molar-refractivity contribution is 0.0686. The number of hydrogen-bond donors (Lipinski definition) is 4. The second kappa shape index (κ2) is 18.8. The molecule has 0 atom stereocenters. The fraction of sp³-hybridized carbons (Fsp3) is 0.292. The number of carboxylic acid groups (broad SMARTS) is 2. The van der Waals surface area contributed by atoms with Crippen LogP contribution >= 0.6 is 0 Å². The minimum absolute atomic E-state index is 0.350. The van der Waals surface area contributed by atoms with E-state index in [1.54, 1.807) is 24.3 Å². The van der Waals surface area contributed by atoms with Crippen molar-refractivity contribution >= 4 is 44.9 Å². The first-order valence-corrected chi connectivity index (χ1v) is 20.0. The zero-order valence-corrected chi connectivity index (χ0v) is 32.1. The Kier molecular flexibility index (Phi) is 12.9. The second-order valence-electron chi connectivity index (χ2n) is 15.0.